The SMILES string of the molecule is [B]c1ccc2c(c1)/C(=C/c1[nH]c3c(c1C)C(=O)N(C[C@H](O)CN1CCOCC1)CC3)C(=O)N2. The first kappa shape index (κ1) is 21.9. The summed E-state index contributed by atoms with van der Waals surface area (Å²) in [6.45, 7) is 6.21. The number of carbonyl (C=O) groups is 2. The molecule has 170 valence electrons. The molecular weight excluding hydrogens is 419 g/mol. The van der Waals surface area contributed by atoms with Crippen molar-refractivity contribution in [1.82, 2.24) is 14.8 Å². The van der Waals surface area contributed by atoms with Crippen molar-refractivity contribution in [2.75, 3.05) is 51.3 Å². The molecule has 0 bridgehead atoms. The van der Waals surface area contributed by atoms with Crippen LogP contribution in [0.15, 0.2) is 18.2 Å². The molecule has 5 rings (SSSR count). The van der Waals surface area contributed by atoms with Gasteiger partial charge in [0.05, 0.1) is 30.5 Å². The average molecular weight is 446 g/mol. The first-order valence-electron chi connectivity index (χ1n) is 11.3. The second-order valence-electron chi connectivity index (χ2n) is 8.90. The highest BCUT2D eigenvalue weighted by Crippen LogP contribution is 2.34. The van der Waals surface area contributed by atoms with Crippen LogP contribution in [0.1, 0.15) is 32.9 Å². The molecule has 1 saturated heterocycles. The number of ether oxygens (including phenoxy) is 1. The van der Waals surface area contributed by atoms with Crippen molar-refractivity contribution < 1.29 is 19.4 Å². The van der Waals surface area contributed by atoms with E-state index in [-0.39, 0.29) is 11.8 Å². The summed E-state index contributed by atoms with van der Waals surface area (Å²) < 4.78 is 5.36. The first-order chi connectivity index (χ1) is 15.9. The van der Waals surface area contributed by atoms with Gasteiger partial charge in [0.25, 0.3) is 11.8 Å². The molecule has 3 aliphatic rings. The second-order valence-corrected chi connectivity index (χ2v) is 8.90. The molecule has 2 aromatic rings. The normalized spacial score (nSPS) is 20.7. The van der Waals surface area contributed by atoms with E-state index in [1.807, 2.05) is 6.92 Å². The van der Waals surface area contributed by atoms with Gasteiger partial charge in [0.1, 0.15) is 7.85 Å². The highest BCUT2D eigenvalue weighted by molar-refractivity contribution is 6.37. The number of morpholine rings is 1. The fourth-order valence-electron chi connectivity index (χ4n) is 4.87. The molecule has 0 aliphatic carbocycles. The molecule has 1 fully saturated rings. The number of hydrogen-bond acceptors (Lipinski definition) is 5. The van der Waals surface area contributed by atoms with Gasteiger partial charge in [-0.1, -0.05) is 17.6 Å². The number of nitrogens with zero attached hydrogens (tertiary/aromatic N) is 2. The minimum atomic E-state index is -0.612. The molecule has 0 spiro atoms. The third kappa shape index (κ3) is 4.24. The number of amides is 2. The fraction of sp³-hybridized carbons (Fsp3) is 0.417. The highest BCUT2D eigenvalue weighted by atomic mass is 16.5. The quantitative estimate of drug-likeness (QED) is 0.454. The second kappa shape index (κ2) is 8.81. The topological polar surface area (TPSA) is 97.9 Å². The van der Waals surface area contributed by atoms with E-state index < -0.39 is 6.10 Å². The van der Waals surface area contributed by atoms with Crippen molar-refractivity contribution in [3.05, 3.63) is 46.3 Å². The molecule has 1 atom stereocenters. The predicted octanol–water partition coefficient (Wildman–Crippen LogP) is 0.301. The van der Waals surface area contributed by atoms with Gasteiger partial charge in [0.15, 0.2) is 0 Å². The lowest BCUT2D eigenvalue weighted by molar-refractivity contribution is -0.110. The zero-order valence-corrected chi connectivity index (χ0v) is 18.7. The Morgan fingerprint density at radius 3 is 2.79 bits per heavy atom. The number of carbonyl (C=O) groups excluding carboxylic acids is 2. The number of aliphatic hydroxyl groups excluding tert-OH is 1. The van der Waals surface area contributed by atoms with Crippen LogP contribution in [0, 0.1) is 6.92 Å². The Morgan fingerprint density at radius 2 is 2.00 bits per heavy atom. The molecule has 2 radical (unpaired) electrons. The number of aliphatic hydroxyl groups is 1. The summed E-state index contributed by atoms with van der Waals surface area (Å²) in [5.41, 5.74) is 5.64. The molecule has 4 heterocycles. The standard InChI is InChI=1S/C24H27BN4O4/c1-14-21(11-18-17-10-15(25)2-3-19(17)27-23(18)31)26-20-4-5-29(24(32)22(14)20)13-16(30)12-28-6-8-33-9-7-28/h2-3,10-11,16,26,30H,4-9,12-13H2,1H3,(H,27,31)/b18-11-/t16-/m1/s1. The van der Waals surface area contributed by atoms with Crippen LogP contribution in [0.5, 0.6) is 0 Å². The lowest BCUT2D eigenvalue weighted by atomic mass is 9.92. The van der Waals surface area contributed by atoms with E-state index in [0.717, 1.165) is 41.3 Å². The number of nitrogens with one attached hydrogen (secondary N) is 2. The Kier molecular flexibility index (Phi) is 5.86. The van der Waals surface area contributed by atoms with Gasteiger partial charge >= 0.3 is 0 Å². The number of hydrogen-bond donors (Lipinski definition) is 3. The Balaban J connectivity index is 1.35. The van der Waals surface area contributed by atoms with E-state index in [2.05, 4.69) is 15.2 Å². The maximum Gasteiger partial charge on any atom is 0.256 e. The van der Waals surface area contributed by atoms with Crippen molar-refractivity contribution in [1.29, 1.82) is 0 Å². The van der Waals surface area contributed by atoms with Gasteiger partial charge in [-0.3, -0.25) is 14.5 Å². The first-order valence-corrected chi connectivity index (χ1v) is 11.3. The molecule has 0 saturated carbocycles. The monoisotopic (exact) mass is 446 g/mol. The Bertz CT molecular complexity index is 1140. The number of H-pyrrole nitrogens is 1. The lowest BCUT2D eigenvalue weighted by Gasteiger charge is -2.32. The Morgan fingerprint density at radius 1 is 1.21 bits per heavy atom. The summed E-state index contributed by atoms with van der Waals surface area (Å²) in [7, 11) is 5.92. The minimum Gasteiger partial charge on any atom is -0.390 e. The van der Waals surface area contributed by atoms with E-state index in [4.69, 9.17) is 12.6 Å². The predicted molar refractivity (Wildman–Crippen MR) is 127 cm³/mol. The van der Waals surface area contributed by atoms with Crippen LogP contribution in [0.25, 0.3) is 11.6 Å². The van der Waals surface area contributed by atoms with Gasteiger partial charge in [-0.25, -0.2) is 0 Å². The number of anilines is 1. The maximum atomic E-state index is 13.3. The molecule has 1 aromatic heterocycles. The zero-order chi connectivity index (χ0) is 23.1. The van der Waals surface area contributed by atoms with Crippen molar-refractivity contribution in [2.45, 2.75) is 19.4 Å². The van der Waals surface area contributed by atoms with E-state index in [0.29, 0.717) is 55.9 Å². The third-order valence-electron chi connectivity index (χ3n) is 6.62. The Hall–Kier alpha value is -2.88. The van der Waals surface area contributed by atoms with Crippen LogP contribution < -0.4 is 10.8 Å². The van der Waals surface area contributed by atoms with Crippen LogP contribution in [0.3, 0.4) is 0 Å². The molecule has 33 heavy (non-hydrogen) atoms. The maximum absolute atomic E-state index is 13.3. The number of aromatic nitrogens is 1. The smallest absolute Gasteiger partial charge is 0.256 e. The summed E-state index contributed by atoms with van der Waals surface area (Å²) in [4.78, 5) is 33.1. The van der Waals surface area contributed by atoms with Gasteiger partial charge in [0.2, 0.25) is 0 Å². The number of benzene rings is 1. The number of fused-ring (bicyclic) bond motifs is 2. The summed E-state index contributed by atoms with van der Waals surface area (Å²) >= 11 is 0. The van der Waals surface area contributed by atoms with Crippen LogP contribution in [-0.4, -0.2) is 91.6 Å². The number of aromatic amines is 1. The van der Waals surface area contributed by atoms with Gasteiger partial charge in [0, 0.05) is 61.8 Å². The van der Waals surface area contributed by atoms with Crippen molar-refractivity contribution >= 4 is 42.5 Å². The van der Waals surface area contributed by atoms with Crippen molar-refractivity contribution in [3.8, 4) is 0 Å². The number of β-amino-alcohol motifs (C(OH)–C–C–N with tert-alkyl or cyclic N) is 1. The molecule has 1 aromatic carbocycles. The molecule has 8 nitrogen and oxygen atoms in total. The third-order valence-corrected chi connectivity index (χ3v) is 6.62. The molecular formula is C24H27BN4O4. The summed E-state index contributed by atoms with van der Waals surface area (Å²) in [6, 6.07) is 5.32. The molecule has 9 heteroatoms. The Labute approximate surface area is 194 Å². The summed E-state index contributed by atoms with van der Waals surface area (Å²) in [6.07, 6.45) is 1.85. The molecule has 2 amide bonds. The van der Waals surface area contributed by atoms with Crippen molar-refractivity contribution in [2.24, 2.45) is 0 Å². The molecule has 0 unspecified atom stereocenters. The van der Waals surface area contributed by atoms with Crippen LogP contribution in [0.4, 0.5) is 5.69 Å². The molecule has 3 N–H and O–H groups in total. The highest BCUT2D eigenvalue weighted by Gasteiger charge is 2.31. The van der Waals surface area contributed by atoms with E-state index >= 15 is 0 Å². The summed E-state index contributed by atoms with van der Waals surface area (Å²) in [5.74, 6) is -0.280. The van der Waals surface area contributed by atoms with Crippen LogP contribution >= 0.6 is 0 Å². The van der Waals surface area contributed by atoms with E-state index in [1.165, 1.54) is 0 Å². The van der Waals surface area contributed by atoms with Crippen LogP contribution in [0.2, 0.25) is 0 Å². The zero-order valence-electron chi connectivity index (χ0n) is 18.7. The average Bonchev–Trinajstić information content (AvgIpc) is 3.27. The lowest BCUT2D eigenvalue weighted by Crippen LogP contribution is -2.47. The van der Waals surface area contributed by atoms with Crippen molar-refractivity contribution in [3.63, 3.8) is 0 Å². The van der Waals surface area contributed by atoms with Crippen LogP contribution in [-0.2, 0) is 16.0 Å². The van der Waals surface area contributed by atoms with Gasteiger partial charge in [-0.2, -0.15) is 0 Å². The van der Waals surface area contributed by atoms with Gasteiger partial charge < -0.3 is 25.0 Å². The van der Waals surface area contributed by atoms with Gasteiger partial charge in [-0.05, 0) is 24.6 Å². The van der Waals surface area contributed by atoms with E-state index in [9.17, 15) is 14.7 Å². The summed E-state index contributed by atoms with van der Waals surface area (Å²) in [5, 5.41) is 13.4. The fourth-order valence-corrected chi connectivity index (χ4v) is 4.87. The molecule has 3 aliphatic heterocycles. The number of rotatable bonds is 5. The van der Waals surface area contributed by atoms with E-state index in [1.54, 1.807) is 29.2 Å². The van der Waals surface area contributed by atoms with Gasteiger partial charge in [-0.15, -0.1) is 0 Å². The minimum absolute atomic E-state index is 0.0869. The largest absolute Gasteiger partial charge is 0.390 e.